The lowest BCUT2D eigenvalue weighted by Gasteiger charge is -2.17. The van der Waals surface area contributed by atoms with Gasteiger partial charge in [0, 0.05) is 23.7 Å². The molecule has 1 amide bonds. The summed E-state index contributed by atoms with van der Waals surface area (Å²) in [5, 5.41) is 3.27. The van der Waals surface area contributed by atoms with Gasteiger partial charge < -0.3 is 14.8 Å². The number of rotatable bonds is 6. The van der Waals surface area contributed by atoms with Crippen LogP contribution in [0.25, 0.3) is 0 Å². The van der Waals surface area contributed by atoms with Crippen molar-refractivity contribution in [3.8, 4) is 11.5 Å². The van der Waals surface area contributed by atoms with E-state index < -0.39 is 0 Å². The lowest BCUT2D eigenvalue weighted by atomic mass is 10.1. The fourth-order valence-corrected chi connectivity index (χ4v) is 4.07. The first-order valence-electron chi connectivity index (χ1n) is 8.20. The molecule has 1 aliphatic rings. The van der Waals surface area contributed by atoms with Gasteiger partial charge in [0.2, 0.25) is 0 Å². The Morgan fingerprint density at radius 2 is 2.08 bits per heavy atom. The summed E-state index contributed by atoms with van der Waals surface area (Å²) in [5.74, 6) is 2.87. The molecule has 1 aromatic carbocycles. The molecule has 1 saturated heterocycles. The summed E-state index contributed by atoms with van der Waals surface area (Å²) in [6.45, 7) is 2.42. The van der Waals surface area contributed by atoms with Gasteiger partial charge in [-0.3, -0.25) is 9.78 Å². The van der Waals surface area contributed by atoms with E-state index in [1.54, 1.807) is 18.2 Å². The van der Waals surface area contributed by atoms with E-state index in [0.29, 0.717) is 29.4 Å². The predicted molar refractivity (Wildman–Crippen MR) is 106 cm³/mol. The quantitative estimate of drug-likeness (QED) is 0.728. The number of pyridine rings is 1. The number of nitrogens with one attached hydrogen (secondary N) is 1. The summed E-state index contributed by atoms with van der Waals surface area (Å²) in [7, 11) is 0. The van der Waals surface area contributed by atoms with Gasteiger partial charge in [0.1, 0.15) is 6.10 Å². The maximum Gasteiger partial charge on any atom is 0.255 e. The molecule has 3 rings (SSSR count). The first-order chi connectivity index (χ1) is 12.6. The van der Waals surface area contributed by atoms with Gasteiger partial charge in [0.25, 0.3) is 5.91 Å². The van der Waals surface area contributed by atoms with E-state index in [0.717, 1.165) is 17.9 Å². The Morgan fingerprint density at radius 1 is 1.31 bits per heavy atom. The molecule has 5 nitrogen and oxygen atoms in total. The van der Waals surface area contributed by atoms with Crippen LogP contribution in [-0.4, -0.2) is 35.1 Å². The standard InChI is InChI=1S/C18H18Cl2N2O3S/c1-2-24-15-4-3-11(7-16(15)25-12-5-6-26-10-12)18(23)22-17-13(19)8-21-9-14(17)20/h3-4,7-9,12H,2,5-6,10H2,1H3,(H,21,22,23). The van der Waals surface area contributed by atoms with Gasteiger partial charge in [0.05, 0.1) is 22.3 Å². The number of thioether (sulfide) groups is 1. The number of halogens is 2. The van der Waals surface area contributed by atoms with Gasteiger partial charge in [-0.05, 0) is 37.3 Å². The van der Waals surface area contributed by atoms with Crippen LogP contribution < -0.4 is 14.8 Å². The predicted octanol–water partition coefficient (Wildman–Crippen LogP) is 4.92. The highest BCUT2D eigenvalue weighted by atomic mass is 35.5. The van der Waals surface area contributed by atoms with Crippen LogP contribution in [0.4, 0.5) is 5.69 Å². The molecular formula is C18H18Cl2N2O3S. The Labute approximate surface area is 166 Å². The number of carbonyl (C=O) groups excluding carboxylic acids is 1. The molecule has 1 aliphatic heterocycles. The van der Waals surface area contributed by atoms with Crippen LogP contribution in [0.3, 0.4) is 0 Å². The zero-order valence-corrected chi connectivity index (χ0v) is 16.5. The summed E-state index contributed by atoms with van der Waals surface area (Å²) >= 11 is 14.0. The molecule has 2 aromatic rings. The van der Waals surface area contributed by atoms with Gasteiger partial charge >= 0.3 is 0 Å². The Bertz CT molecular complexity index is 778. The molecule has 0 aliphatic carbocycles. The fraction of sp³-hybridized carbons (Fsp3) is 0.333. The highest BCUT2D eigenvalue weighted by molar-refractivity contribution is 7.99. The lowest BCUT2D eigenvalue weighted by Crippen LogP contribution is -2.17. The van der Waals surface area contributed by atoms with Gasteiger partial charge in [-0.1, -0.05) is 23.2 Å². The largest absolute Gasteiger partial charge is 0.490 e. The first-order valence-corrected chi connectivity index (χ1v) is 10.1. The van der Waals surface area contributed by atoms with E-state index in [-0.39, 0.29) is 22.1 Å². The van der Waals surface area contributed by atoms with Crippen molar-refractivity contribution >= 4 is 46.6 Å². The van der Waals surface area contributed by atoms with Crippen molar-refractivity contribution in [2.24, 2.45) is 0 Å². The maximum absolute atomic E-state index is 12.6. The van der Waals surface area contributed by atoms with Crippen molar-refractivity contribution in [2.45, 2.75) is 19.4 Å². The van der Waals surface area contributed by atoms with Crippen LogP contribution in [0.15, 0.2) is 30.6 Å². The van der Waals surface area contributed by atoms with Crippen LogP contribution in [0.1, 0.15) is 23.7 Å². The molecule has 0 radical (unpaired) electrons. The highest BCUT2D eigenvalue weighted by Crippen LogP contribution is 2.33. The second kappa shape index (κ2) is 8.84. The number of carbonyl (C=O) groups is 1. The van der Waals surface area contributed by atoms with Gasteiger partial charge in [0.15, 0.2) is 11.5 Å². The van der Waals surface area contributed by atoms with E-state index in [9.17, 15) is 4.79 Å². The number of nitrogens with zero attached hydrogens (tertiary/aromatic N) is 1. The first kappa shape index (κ1) is 19.1. The Kier molecular flexibility index (Phi) is 6.51. The molecule has 2 heterocycles. The van der Waals surface area contributed by atoms with Crippen molar-refractivity contribution in [3.05, 3.63) is 46.2 Å². The van der Waals surface area contributed by atoms with Crippen molar-refractivity contribution < 1.29 is 14.3 Å². The number of aromatic nitrogens is 1. The normalized spacial score (nSPS) is 16.3. The molecule has 0 spiro atoms. The topological polar surface area (TPSA) is 60.5 Å². The van der Waals surface area contributed by atoms with Crippen LogP contribution in [0, 0.1) is 0 Å². The van der Waals surface area contributed by atoms with E-state index in [1.165, 1.54) is 12.4 Å². The molecule has 26 heavy (non-hydrogen) atoms. The zero-order valence-electron chi connectivity index (χ0n) is 14.1. The van der Waals surface area contributed by atoms with Gasteiger partial charge in [-0.15, -0.1) is 0 Å². The van der Waals surface area contributed by atoms with E-state index >= 15 is 0 Å². The smallest absolute Gasteiger partial charge is 0.255 e. The summed E-state index contributed by atoms with van der Waals surface area (Å²) in [6, 6.07) is 5.11. The second-order valence-electron chi connectivity index (χ2n) is 5.63. The van der Waals surface area contributed by atoms with E-state index in [1.807, 2.05) is 18.7 Å². The zero-order chi connectivity index (χ0) is 18.5. The van der Waals surface area contributed by atoms with E-state index in [4.69, 9.17) is 32.7 Å². The number of benzene rings is 1. The summed E-state index contributed by atoms with van der Waals surface area (Å²) < 4.78 is 11.7. The van der Waals surface area contributed by atoms with Crippen LogP contribution in [0.5, 0.6) is 11.5 Å². The number of hydrogen-bond acceptors (Lipinski definition) is 5. The van der Waals surface area contributed by atoms with Gasteiger partial charge in [-0.25, -0.2) is 0 Å². The minimum Gasteiger partial charge on any atom is -0.490 e. The average Bonchev–Trinajstić information content (AvgIpc) is 3.13. The molecule has 1 atom stereocenters. The highest BCUT2D eigenvalue weighted by Gasteiger charge is 2.20. The Morgan fingerprint density at radius 3 is 2.73 bits per heavy atom. The molecule has 1 N–H and O–H groups in total. The van der Waals surface area contributed by atoms with E-state index in [2.05, 4.69) is 10.3 Å². The van der Waals surface area contributed by atoms with Gasteiger partial charge in [-0.2, -0.15) is 11.8 Å². The maximum atomic E-state index is 12.6. The third-order valence-corrected chi connectivity index (χ3v) is 5.48. The number of ether oxygens (including phenoxy) is 2. The van der Waals surface area contributed by atoms with Crippen LogP contribution in [0.2, 0.25) is 10.0 Å². The molecule has 0 saturated carbocycles. The summed E-state index contributed by atoms with van der Waals surface area (Å²) in [6.07, 6.45) is 3.96. The third-order valence-electron chi connectivity index (χ3n) is 3.78. The Hall–Kier alpha value is -1.63. The SMILES string of the molecule is CCOc1ccc(C(=O)Nc2c(Cl)cncc2Cl)cc1OC1CCSC1. The van der Waals surface area contributed by atoms with Crippen molar-refractivity contribution in [1.29, 1.82) is 0 Å². The molecular weight excluding hydrogens is 395 g/mol. The third kappa shape index (κ3) is 4.55. The lowest BCUT2D eigenvalue weighted by molar-refractivity contribution is 0.102. The molecule has 138 valence electrons. The summed E-state index contributed by atoms with van der Waals surface area (Å²) in [5.41, 5.74) is 0.759. The molecule has 8 heteroatoms. The van der Waals surface area contributed by atoms with Crippen molar-refractivity contribution in [3.63, 3.8) is 0 Å². The molecule has 1 aromatic heterocycles. The van der Waals surface area contributed by atoms with Crippen LogP contribution >= 0.6 is 35.0 Å². The number of amides is 1. The molecule has 0 bridgehead atoms. The minimum atomic E-state index is -0.339. The van der Waals surface area contributed by atoms with Crippen molar-refractivity contribution in [2.75, 3.05) is 23.4 Å². The monoisotopic (exact) mass is 412 g/mol. The molecule has 1 unspecified atom stereocenters. The number of anilines is 1. The second-order valence-corrected chi connectivity index (χ2v) is 7.59. The van der Waals surface area contributed by atoms with Crippen LogP contribution in [-0.2, 0) is 0 Å². The Balaban J connectivity index is 1.83. The minimum absolute atomic E-state index is 0.126. The fourth-order valence-electron chi connectivity index (χ4n) is 2.52. The summed E-state index contributed by atoms with van der Waals surface area (Å²) in [4.78, 5) is 16.5. The van der Waals surface area contributed by atoms with Crippen molar-refractivity contribution in [1.82, 2.24) is 4.98 Å². The number of hydrogen-bond donors (Lipinski definition) is 1. The average molecular weight is 413 g/mol. The molecule has 1 fully saturated rings.